The van der Waals surface area contributed by atoms with Crippen molar-refractivity contribution in [1.82, 2.24) is 19.5 Å². The minimum absolute atomic E-state index is 0.0259. The maximum Gasteiger partial charge on any atom is 0.334 e. The van der Waals surface area contributed by atoms with E-state index in [1.54, 1.807) is 12.1 Å². The predicted molar refractivity (Wildman–Crippen MR) is 121 cm³/mol. The lowest BCUT2D eigenvalue weighted by Gasteiger charge is -2.21. The summed E-state index contributed by atoms with van der Waals surface area (Å²) in [5.41, 5.74) is -1.48. The number of aromatic amines is 1. The number of nitrogens with one attached hydrogen (secondary N) is 2. The van der Waals surface area contributed by atoms with Crippen LogP contribution in [0.15, 0.2) is 51.0 Å². The average molecular weight is 483 g/mol. The zero-order valence-electron chi connectivity index (χ0n) is 17.3. The van der Waals surface area contributed by atoms with Gasteiger partial charge in [-0.3, -0.25) is 19.6 Å². The van der Waals surface area contributed by atoms with Gasteiger partial charge in [-0.1, -0.05) is 6.07 Å². The van der Waals surface area contributed by atoms with E-state index in [1.165, 1.54) is 24.0 Å². The van der Waals surface area contributed by atoms with E-state index in [9.17, 15) is 18.8 Å². The van der Waals surface area contributed by atoms with Crippen molar-refractivity contribution in [3.05, 3.63) is 74.7 Å². The third kappa shape index (κ3) is 3.61. The predicted octanol–water partition coefficient (Wildman–Crippen LogP) is 2.91. The van der Waals surface area contributed by atoms with Crippen LogP contribution in [0.5, 0.6) is 0 Å². The zero-order chi connectivity index (χ0) is 24.0. The summed E-state index contributed by atoms with van der Waals surface area (Å²) in [5, 5.41) is 11.8. The van der Waals surface area contributed by atoms with E-state index in [1.807, 2.05) is 0 Å². The number of pyridine rings is 2. The van der Waals surface area contributed by atoms with Crippen LogP contribution >= 0.6 is 11.8 Å². The van der Waals surface area contributed by atoms with Crippen LogP contribution in [0, 0.1) is 11.6 Å². The van der Waals surface area contributed by atoms with Crippen molar-refractivity contribution in [1.29, 1.82) is 0 Å². The number of hydrogen-bond acceptors (Lipinski definition) is 7. The highest BCUT2D eigenvalue weighted by Gasteiger charge is 2.25. The van der Waals surface area contributed by atoms with Gasteiger partial charge >= 0.3 is 11.7 Å². The fraction of sp³-hybridized carbons (Fsp3) is 0.136. The molecule has 0 atom stereocenters. The lowest BCUT2D eigenvalue weighted by atomic mass is 10.1. The number of halogens is 2. The molecule has 0 aliphatic carbocycles. The first-order valence-corrected chi connectivity index (χ1v) is 11.0. The summed E-state index contributed by atoms with van der Waals surface area (Å²) < 4.78 is 31.0. The summed E-state index contributed by atoms with van der Waals surface area (Å²) in [7, 11) is 0. The Bertz CT molecular complexity index is 1600. The SMILES string of the molecule is O=C(O)CCSc1ccnc2c1-n1c(=O)[nH]c(=O)c3cc(F)c(nc31)-c1c(F)cccc1NC2. The summed E-state index contributed by atoms with van der Waals surface area (Å²) in [6, 6.07) is 6.70. The Hall–Kier alpha value is -4.06. The number of carbonyl (C=O) groups is 1. The van der Waals surface area contributed by atoms with Crippen molar-refractivity contribution in [2.24, 2.45) is 0 Å². The molecule has 0 saturated carbocycles. The standard InChI is InChI=1S/C22H15F2N5O4S/c23-11-2-1-3-13-17(11)18-12(24)8-10-20(27-18)29(22(33)28-21(10)32)19-14(9-26-13)25-6-4-15(19)34-7-5-16(30)31/h1-4,6,8,26H,5,7,9H2,(H,30,31)(H,28,32,33). The largest absolute Gasteiger partial charge is 0.481 e. The van der Waals surface area contributed by atoms with Crippen LogP contribution in [0.4, 0.5) is 14.5 Å². The Labute approximate surface area is 193 Å². The highest BCUT2D eigenvalue weighted by molar-refractivity contribution is 7.99. The molecule has 1 aliphatic rings. The minimum Gasteiger partial charge on any atom is -0.481 e. The second-order valence-corrected chi connectivity index (χ2v) is 8.53. The van der Waals surface area contributed by atoms with E-state index in [2.05, 4.69) is 20.3 Å². The first-order chi connectivity index (χ1) is 16.3. The van der Waals surface area contributed by atoms with Gasteiger partial charge in [0.05, 0.1) is 35.3 Å². The molecule has 0 saturated heterocycles. The van der Waals surface area contributed by atoms with E-state index in [0.717, 1.165) is 16.7 Å². The molecule has 34 heavy (non-hydrogen) atoms. The summed E-state index contributed by atoms with van der Waals surface area (Å²) in [6.07, 6.45) is 1.38. The fourth-order valence-electron chi connectivity index (χ4n) is 3.82. The molecule has 0 unspecified atom stereocenters. The number of anilines is 1. The smallest absolute Gasteiger partial charge is 0.334 e. The van der Waals surface area contributed by atoms with Crippen LogP contribution in [0.25, 0.3) is 28.0 Å². The molecule has 4 heterocycles. The number of H-pyrrole nitrogens is 1. The molecule has 3 N–H and O–H groups in total. The molecule has 172 valence electrons. The van der Waals surface area contributed by atoms with Crippen LogP contribution in [0.3, 0.4) is 0 Å². The van der Waals surface area contributed by atoms with Crippen LogP contribution < -0.4 is 16.6 Å². The van der Waals surface area contributed by atoms with Gasteiger partial charge in [0.15, 0.2) is 11.5 Å². The number of carboxylic acids is 1. The zero-order valence-corrected chi connectivity index (χ0v) is 18.1. The Balaban J connectivity index is 1.89. The Morgan fingerprint density at radius 3 is 2.82 bits per heavy atom. The van der Waals surface area contributed by atoms with E-state index < -0.39 is 28.9 Å². The monoisotopic (exact) mass is 483 g/mol. The number of fused-ring (bicyclic) bond motifs is 5. The summed E-state index contributed by atoms with van der Waals surface area (Å²) in [4.78, 5) is 47.8. The van der Waals surface area contributed by atoms with Crippen molar-refractivity contribution >= 4 is 34.5 Å². The van der Waals surface area contributed by atoms with E-state index in [-0.39, 0.29) is 52.4 Å². The van der Waals surface area contributed by atoms with Crippen LogP contribution in [-0.4, -0.2) is 36.3 Å². The van der Waals surface area contributed by atoms with Crippen molar-refractivity contribution in [3.8, 4) is 16.9 Å². The number of benzene rings is 1. The van der Waals surface area contributed by atoms with Crippen molar-refractivity contribution in [3.63, 3.8) is 0 Å². The number of nitrogens with zero attached hydrogens (tertiary/aromatic N) is 3. The number of rotatable bonds is 4. The lowest BCUT2D eigenvalue weighted by Crippen LogP contribution is -2.31. The van der Waals surface area contributed by atoms with Gasteiger partial charge in [-0.2, -0.15) is 0 Å². The first kappa shape index (κ1) is 21.8. The number of aliphatic carboxylic acids is 1. The van der Waals surface area contributed by atoms with Gasteiger partial charge in [0, 0.05) is 22.5 Å². The van der Waals surface area contributed by atoms with Crippen molar-refractivity contribution in [2.45, 2.75) is 17.9 Å². The topological polar surface area (TPSA) is 130 Å². The van der Waals surface area contributed by atoms with Crippen molar-refractivity contribution in [2.75, 3.05) is 11.1 Å². The van der Waals surface area contributed by atoms with Gasteiger partial charge in [0.2, 0.25) is 0 Å². The quantitative estimate of drug-likeness (QED) is 0.378. The Morgan fingerprint density at radius 1 is 1.21 bits per heavy atom. The molecule has 0 spiro atoms. The normalized spacial score (nSPS) is 12.2. The van der Waals surface area contributed by atoms with Gasteiger partial charge < -0.3 is 10.4 Å². The fourth-order valence-corrected chi connectivity index (χ4v) is 4.82. The molecule has 5 rings (SSSR count). The molecule has 0 fully saturated rings. The molecule has 4 aromatic rings. The van der Waals surface area contributed by atoms with E-state index in [0.29, 0.717) is 10.6 Å². The third-order valence-electron chi connectivity index (χ3n) is 5.29. The highest BCUT2D eigenvalue weighted by atomic mass is 32.2. The second-order valence-electron chi connectivity index (χ2n) is 7.40. The molecule has 0 radical (unpaired) electrons. The molecule has 3 aromatic heterocycles. The number of aromatic nitrogens is 4. The molecule has 0 amide bonds. The highest BCUT2D eigenvalue weighted by Crippen LogP contribution is 2.35. The molecule has 9 nitrogen and oxygen atoms in total. The summed E-state index contributed by atoms with van der Waals surface area (Å²) in [6.45, 7) is 0.0259. The molecular weight excluding hydrogens is 468 g/mol. The van der Waals surface area contributed by atoms with Gasteiger partial charge in [-0.05, 0) is 24.3 Å². The summed E-state index contributed by atoms with van der Waals surface area (Å²) in [5.74, 6) is -2.44. The summed E-state index contributed by atoms with van der Waals surface area (Å²) >= 11 is 1.18. The Morgan fingerprint density at radius 2 is 2.03 bits per heavy atom. The lowest BCUT2D eigenvalue weighted by molar-refractivity contribution is -0.136. The number of carboxylic acid groups (broad SMARTS) is 1. The second kappa shape index (κ2) is 8.37. The van der Waals surface area contributed by atoms with Gasteiger partial charge in [-0.15, -0.1) is 11.8 Å². The average Bonchev–Trinajstić information content (AvgIpc) is 2.79. The molecule has 2 bridgehead atoms. The van der Waals surface area contributed by atoms with E-state index in [4.69, 9.17) is 5.11 Å². The molecular formula is C22H15F2N5O4S. The van der Waals surface area contributed by atoms with Gasteiger partial charge in [0.1, 0.15) is 11.5 Å². The molecule has 1 aliphatic heterocycles. The minimum atomic E-state index is -0.980. The van der Waals surface area contributed by atoms with Crippen LogP contribution in [-0.2, 0) is 11.3 Å². The Kier molecular flexibility index (Phi) is 5.36. The third-order valence-corrected chi connectivity index (χ3v) is 6.34. The van der Waals surface area contributed by atoms with Gasteiger partial charge in [-0.25, -0.2) is 23.1 Å². The number of hydrogen-bond donors (Lipinski definition) is 3. The van der Waals surface area contributed by atoms with Crippen molar-refractivity contribution < 1.29 is 18.7 Å². The molecule has 12 heteroatoms. The van der Waals surface area contributed by atoms with Gasteiger partial charge in [0.25, 0.3) is 5.56 Å². The van der Waals surface area contributed by atoms with Crippen LogP contribution in [0.2, 0.25) is 0 Å². The molecule has 1 aromatic carbocycles. The van der Waals surface area contributed by atoms with E-state index >= 15 is 4.39 Å². The number of thioether (sulfide) groups is 1. The first-order valence-electron chi connectivity index (χ1n) is 10.1. The maximum atomic E-state index is 15.1. The van der Waals surface area contributed by atoms with Crippen LogP contribution in [0.1, 0.15) is 12.1 Å². The maximum absolute atomic E-state index is 15.1.